The van der Waals surface area contributed by atoms with Crippen molar-refractivity contribution in [2.24, 2.45) is 0 Å². The van der Waals surface area contributed by atoms with Gasteiger partial charge in [0.05, 0.1) is 30.8 Å². The first-order valence-electron chi connectivity index (χ1n) is 10.4. The number of anilines is 1. The molecule has 8 nitrogen and oxygen atoms in total. The van der Waals surface area contributed by atoms with Crippen LogP contribution in [0.3, 0.4) is 0 Å². The highest BCUT2D eigenvalue weighted by molar-refractivity contribution is 7.92. The van der Waals surface area contributed by atoms with Crippen LogP contribution >= 0.6 is 0 Å². The van der Waals surface area contributed by atoms with Crippen LogP contribution in [0.4, 0.5) is 5.69 Å². The molecule has 1 N–H and O–H groups in total. The molecule has 4 rings (SSSR count). The number of benzene rings is 3. The van der Waals surface area contributed by atoms with Gasteiger partial charge in [-0.05, 0) is 36.4 Å². The maximum absolute atomic E-state index is 13.3. The quantitative estimate of drug-likeness (QED) is 0.511. The van der Waals surface area contributed by atoms with Gasteiger partial charge >= 0.3 is 0 Å². The maximum atomic E-state index is 13.3. The second-order valence-electron chi connectivity index (χ2n) is 7.24. The topological polar surface area (TPSA) is 94.2 Å². The van der Waals surface area contributed by atoms with Gasteiger partial charge < -0.3 is 19.5 Å². The van der Waals surface area contributed by atoms with Crippen LogP contribution in [0.25, 0.3) is 0 Å². The average Bonchev–Trinajstić information content (AvgIpc) is 2.86. The van der Waals surface area contributed by atoms with E-state index in [2.05, 4.69) is 5.32 Å². The van der Waals surface area contributed by atoms with Gasteiger partial charge in [0.25, 0.3) is 15.9 Å². The summed E-state index contributed by atoms with van der Waals surface area (Å²) in [6.45, 7) is 0.314. The zero-order valence-electron chi connectivity index (χ0n) is 18.0. The highest BCUT2D eigenvalue weighted by Gasteiger charge is 2.37. The van der Waals surface area contributed by atoms with Gasteiger partial charge in [0.2, 0.25) is 0 Å². The maximum Gasteiger partial charge on any atom is 0.264 e. The molecule has 0 spiro atoms. The number of carbonyl (C=O) groups excluding carboxylic acids is 1. The van der Waals surface area contributed by atoms with Gasteiger partial charge in [-0.15, -0.1) is 0 Å². The molecule has 0 saturated carbocycles. The Morgan fingerprint density at radius 2 is 1.76 bits per heavy atom. The fraction of sp³-hybridized carbons (Fsp3) is 0.208. The summed E-state index contributed by atoms with van der Waals surface area (Å²) in [7, 11) is -2.30. The van der Waals surface area contributed by atoms with E-state index in [0.29, 0.717) is 22.9 Å². The van der Waals surface area contributed by atoms with Crippen molar-refractivity contribution in [3.63, 3.8) is 0 Å². The lowest BCUT2D eigenvalue weighted by molar-refractivity contribution is -0.127. The number of nitrogens with one attached hydrogen (secondary N) is 1. The predicted molar refractivity (Wildman–Crippen MR) is 123 cm³/mol. The third-order valence-corrected chi connectivity index (χ3v) is 6.86. The van der Waals surface area contributed by atoms with E-state index >= 15 is 0 Å². The zero-order valence-corrected chi connectivity index (χ0v) is 18.8. The number of para-hydroxylation sites is 2. The zero-order chi connectivity index (χ0) is 23.3. The van der Waals surface area contributed by atoms with Gasteiger partial charge in [-0.25, -0.2) is 8.42 Å². The summed E-state index contributed by atoms with van der Waals surface area (Å²) in [6, 6.07) is 22.0. The first-order valence-corrected chi connectivity index (χ1v) is 11.8. The number of amides is 1. The number of carbonyl (C=O) groups is 1. The molecule has 9 heteroatoms. The van der Waals surface area contributed by atoms with Gasteiger partial charge in [-0.3, -0.25) is 9.10 Å². The minimum absolute atomic E-state index is 0.142. The SMILES string of the molecule is COc1cccc(OCCNC(=O)[C@H]2CN(S(=O)(=O)c3ccccc3)c3ccccc3O2)c1. The summed E-state index contributed by atoms with van der Waals surface area (Å²) in [5, 5.41) is 2.75. The second-order valence-corrected chi connectivity index (χ2v) is 9.10. The summed E-state index contributed by atoms with van der Waals surface area (Å²) >= 11 is 0. The molecule has 1 aliphatic rings. The fourth-order valence-corrected chi connectivity index (χ4v) is 4.93. The van der Waals surface area contributed by atoms with Crippen LogP contribution in [0.15, 0.2) is 83.8 Å². The first-order chi connectivity index (χ1) is 16.0. The van der Waals surface area contributed by atoms with Crippen molar-refractivity contribution in [2.75, 3.05) is 31.1 Å². The molecule has 172 valence electrons. The van der Waals surface area contributed by atoms with E-state index in [4.69, 9.17) is 14.2 Å². The molecule has 0 unspecified atom stereocenters. The van der Waals surface area contributed by atoms with E-state index < -0.39 is 22.0 Å². The van der Waals surface area contributed by atoms with Crippen LogP contribution < -0.4 is 23.8 Å². The number of ether oxygens (including phenoxy) is 3. The molecule has 0 radical (unpaired) electrons. The summed E-state index contributed by atoms with van der Waals surface area (Å²) in [5.41, 5.74) is 0.395. The largest absolute Gasteiger partial charge is 0.497 e. The van der Waals surface area contributed by atoms with Crippen molar-refractivity contribution in [3.8, 4) is 17.2 Å². The smallest absolute Gasteiger partial charge is 0.264 e. The highest BCUT2D eigenvalue weighted by atomic mass is 32.2. The van der Waals surface area contributed by atoms with Gasteiger partial charge in [-0.1, -0.05) is 36.4 Å². The third kappa shape index (κ3) is 5.04. The van der Waals surface area contributed by atoms with E-state index in [1.54, 1.807) is 61.7 Å². The predicted octanol–water partition coefficient (Wildman–Crippen LogP) is 2.85. The average molecular weight is 469 g/mol. The van der Waals surface area contributed by atoms with Gasteiger partial charge in [0, 0.05) is 6.07 Å². The summed E-state index contributed by atoms with van der Waals surface area (Å²) in [4.78, 5) is 12.9. The Morgan fingerprint density at radius 1 is 1.03 bits per heavy atom. The minimum Gasteiger partial charge on any atom is -0.497 e. The molecule has 1 heterocycles. The Kier molecular flexibility index (Phi) is 6.69. The van der Waals surface area contributed by atoms with E-state index in [-0.39, 0.29) is 24.6 Å². The lowest BCUT2D eigenvalue weighted by atomic mass is 10.2. The molecular weight excluding hydrogens is 444 g/mol. The molecule has 0 bridgehead atoms. The third-order valence-electron chi connectivity index (χ3n) is 5.07. The summed E-state index contributed by atoms with van der Waals surface area (Å²) in [6.07, 6.45) is -1.00. The number of hydrogen-bond acceptors (Lipinski definition) is 6. The molecular formula is C24H24N2O6S. The minimum atomic E-state index is -3.87. The molecule has 33 heavy (non-hydrogen) atoms. The Labute approximate surface area is 192 Å². The van der Waals surface area contributed by atoms with Crippen molar-refractivity contribution in [3.05, 3.63) is 78.9 Å². The lowest BCUT2D eigenvalue weighted by Crippen LogP contribution is -2.51. The molecule has 0 aromatic heterocycles. The molecule has 3 aromatic carbocycles. The standard InChI is InChI=1S/C24H24N2O6S/c1-30-18-8-7-9-19(16-18)31-15-14-25-24(27)23-17-26(21-12-5-6-13-22(21)32-23)33(28,29)20-10-3-2-4-11-20/h2-13,16,23H,14-15,17H2,1H3,(H,25,27)/t23-/m1/s1. The fourth-order valence-electron chi connectivity index (χ4n) is 3.43. The van der Waals surface area contributed by atoms with Crippen LogP contribution in [-0.2, 0) is 14.8 Å². The second kappa shape index (κ2) is 9.83. The molecule has 1 amide bonds. The van der Waals surface area contributed by atoms with E-state index in [9.17, 15) is 13.2 Å². The number of nitrogens with zero attached hydrogens (tertiary/aromatic N) is 1. The highest BCUT2D eigenvalue weighted by Crippen LogP contribution is 2.36. The Hall–Kier alpha value is -3.72. The van der Waals surface area contributed by atoms with E-state index in [1.807, 2.05) is 12.1 Å². The van der Waals surface area contributed by atoms with Crippen LogP contribution in [0.1, 0.15) is 0 Å². The van der Waals surface area contributed by atoms with Crippen molar-refractivity contribution >= 4 is 21.6 Å². The molecule has 1 atom stereocenters. The monoisotopic (exact) mass is 468 g/mol. The molecule has 0 saturated heterocycles. The lowest BCUT2D eigenvalue weighted by Gasteiger charge is -2.34. The molecule has 0 fully saturated rings. The number of hydrogen-bond donors (Lipinski definition) is 1. The van der Waals surface area contributed by atoms with Crippen LogP contribution in [0.5, 0.6) is 17.2 Å². The van der Waals surface area contributed by atoms with Crippen LogP contribution in [0.2, 0.25) is 0 Å². The van der Waals surface area contributed by atoms with E-state index in [0.717, 1.165) is 0 Å². The Morgan fingerprint density at radius 3 is 2.55 bits per heavy atom. The number of fused-ring (bicyclic) bond motifs is 1. The number of methoxy groups -OCH3 is 1. The van der Waals surface area contributed by atoms with E-state index in [1.165, 1.54) is 16.4 Å². The van der Waals surface area contributed by atoms with Gasteiger partial charge in [0.15, 0.2) is 6.10 Å². The van der Waals surface area contributed by atoms with Crippen LogP contribution in [0, 0.1) is 0 Å². The molecule has 3 aromatic rings. The first kappa shape index (κ1) is 22.5. The van der Waals surface area contributed by atoms with Crippen molar-refractivity contribution in [1.82, 2.24) is 5.32 Å². The Balaban J connectivity index is 1.43. The van der Waals surface area contributed by atoms with Crippen molar-refractivity contribution < 1.29 is 27.4 Å². The summed E-state index contributed by atoms with van der Waals surface area (Å²) in [5.74, 6) is 1.19. The summed E-state index contributed by atoms with van der Waals surface area (Å²) < 4.78 is 44.4. The molecule has 0 aliphatic carbocycles. The van der Waals surface area contributed by atoms with Gasteiger partial charge in [0.1, 0.15) is 23.9 Å². The van der Waals surface area contributed by atoms with Crippen LogP contribution in [-0.4, -0.2) is 47.2 Å². The molecule has 1 aliphatic heterocycles. The van der Waals surface area contributed by atoms with Crippen molar-refractivity contribution in [1.29, 1.82) is 0 Å². The normalized spacial score (nSPS) is 15.2. The Bertz CT molecular complexity index is 1220. The van der Waals surface area contributed by atoms with Crippen molar-refractivity contribution in [2.45, 2.75) is 11.0 Å². The number of rotatable bonds is 8. The number of sulfonamides is 1. The van der Waals surface area contributed by atoms with Gasteiger partial charge in [-0.2, -0.15) is 0 Å².